The number of rotatable bonds is 5. The van der Waals surface area contributed by atoms with Crippen molar-refractivity contribution in [3.05, 3.63) is 35.9 Å². The van der Waals surface area contributed by atoms with E-state index in [2.05, 4.69) is 5.32 Å². The highest BCUT2D eigenvalue weighted by Gasteiger charge is 2.40. The molecular weight excluding hydrogens is 346 g/mol. The van der Waals surface area contributed by atoms with Gasteiger partial charge < -0.3 is 19.9 Å². The minimum Gasteiger partial charge on any atom is -0.450 e. The Labute approximate surface area is 160 Å². The molecule has 1 fully saturated rings. The van der Waals surface area contributed by atoms with Crippen LogP contribution in [-0.2, 0) is 14.3 Å². The second-order valence-corrected chi connectivity index (χ2v) is 7.21. The van der Waals surface area contributed by atoms with E-state index in [0.29, 0.717) is 32.8 Å². The van der Waals surface area contributed by atoms with Crippen molar-refractivity contribution in [1.29, 1.82) is 0 Å². The van der Waals surface area contributed by atoms with Crippen molar-refractivity contribution >= 4 is 17.9 Å². The van der Waals surface area contributed by atoms with E-state index in [4.69, 9.17) is 4.74 Å². The van der Waals surface area contributed by atoms with E-state index in [1.54, 1.807) is 30.6 Å². The van der Waals surface area contributed by atoms with Gasteiger partial charge in [0.25, 0.3) is 0 Å². The van der Waals surface area contributed by atoms with Gasteiger partial charge in [0.15, 0.2) is 0 Å². The van der Waals surface area contributed by atoms with E-state index in [0.717, 1.165) is 5.56 Å². The third kappa shape index (κ3) is 4.99. The van der Waals surface area contributed by atoms with E-state index < -0.39 is 5.41 Å². The average Bonchev–Trinajstić information content (AvgIpc) is 2.68. The lowest BCUT2D eigenvalue weighted by molar-refractivity contribution is -0.150. The number of hydrogen-bond donors (Lipinski definition) is 1. The van der Waals surface area contributed by atoms with Crippen LogP contribution in [0.1, 0.15) is 39.3 Å². The second-order valence-electron chi connectivity index (χ2n) is 7.21. The standard InChI is InChI=1S/C20H29N3O4/c1-5-27-19(26)23-13-11-22(12-14-23)18(25)20(3,4)17(24)21-15(2)16-9-7-6-8-10-16/h6-10,15H,5,11-14H2,1-4H3,(H,21,24). The first kappa shape index (κ1) is 20.7. The van der Waals surface area contributed by atoms with Gasteiger partial charge >= 0.3 is 6.09 Å². The van der Waals surface area contributed by atoms with Crippen LogP contribution in [-0.4, -0.2) is 60.5 Å². The molecule has 0 aromatic heterocycles. The molecule has 1 saturated heterocycles. The molecule has 1 aliphatic rings. The fourth-order valence-electron chi connectivity index (χ4n) is 3.00. The first-order valence-corrected chi connectivity index (χ1v) is 9.34. The second kappa shape index (κ2) is 8.88. The molecule has 7 nitrogen and oxygen atoms in total. The number of hydrogen-bond acceptors (Lipinski definition) is 4. The Bertz CT molecular complexity index is 667. The molecule has 0 aliphatic carbocycles. The smallest absolute Gasteiger partial charge is 0.409 e. The average molecular weight is 375 g/mol. The third-order valence-corrected chi connectivity index (χ3v) is 4.84. The van der Waals surface area contributed by atoms with Gasteiger partial charge in [-0.1, -0.05) is 30.3 Å². The van der Waals surface area contributed by atoms with Gasteiger partial charge in [0.05, 0.1) is 12.6 Å². The molecule has 2 rings (SSSR count). The summed E-state index contributed by atoms with van der Waals surface area (Å²) in [5.41, 5.74) is -0.202. The quantitative estimate of drug-likeness (QED) is 0.800. The molecule has 7 heteroatoms. The summed E-state index contributed by atoms with van der Waals surface area (Å²) in [6, 6.07) is 9.44. The molecule has 1 atom stereocenters. The Morgan fingerprint density at radius 1 is 1.07 bits per heavy atom. The van der Waals surface area contributed by atoms with Crippen molar-refractivity contribution in [1.82, 2.24) is 15.1 Å². The summed E-state index contributed by atoms with van der Waals surface area (Å²) in [4.78, 5) is 40.7. The van der Waals surface area contributed by atoms with Gasteiger partial charge in [0, 0.05) is 26.2 Å². The van der Waals surface area contributed by atoms with E-state index in [1.165, 1.54) is 0 Å². The maximum Gasteiger partial charge on any atom is 0.409 e. The maximum absolute atomic E-state index is 12.9. The van der Waals surface area contributed by atoms with E-state index in [-0.39, 0.29) is 23.9 Å². The first-order chi connectivity index (χ1) is 12.8. The van der Waals surface area contributed by atoms with Crippen molar-refractivity contribution in [2.24, 2.45) is 5.41 Å². The third-order valence-electron chi connectivity index (χ3n) is 4.84. The molecule has 0 saturated carbocycles. The van der Waals surface area contributed by atoms with Crippen molar-refractivity contribution in [3.63, 3.8) is 0 Å². The summed E-state index contributed by atoms with van der Waals surface area (Å²) in [5.74, 6) is -0.541. The summed E-state index contributed by atoms with van der Waals surface area (Å²) in [6.07, 6.45) is -0.363. The number of nitrogens with one attached hydrogen (secondary N) is 1. The van der Waals surface area contributed by atoms with Crippen LogP contribution in [0.3, 0.4) is 0 Å². The molecule has 3 amide bonds. The predicted octanol–water partition coefficient (Wildman–Crippen LogP) is 2.19. The monoisotopic (exact) mass is 375 g/mol. The highest BCUT2D eigenvalue weighted by atomic mass is 16.6. The van der Waals surface area contributed by atoms with Crippen LogP contribution in [0.2, 0.25) is 0 Å². The number of nitrogens with zero attached hydrogens (tertiary/aromatic N) is 2. The number of carbonyl (C=O) groups is 3. The number of amides is 3. The zero-order valence-electron chi connectivity index (χ0n) is 16.5. The van der Waals surface area contributed by atoms with Gasteiger partial charge in [0.1, 0.15) is 5.41 Å². The van der Waals surface area contributed by atoms with Crippen LogP contribution in [0, 0.1) is 5.41 Å². The van der Waals surface area contributed by atoms with Crippen LogP contribution >= 0.6 is 0 Å². The predicted molar refractivity (Wildman–Crippen MR) is 102 cm³/mol. The summed E-state index contributed by atoms with van der Waals surface area (Å²) >= 11 is 0. The van der Waals surface area contributed by atoms with Crippen molar-refractivity contribution in [2.45, 2.75) is 33.7 Å². The Hall–Kier alpha value is -2.57. The molecule has 1 N–H and O–H groups in total. The van der Waals surface area contributed by atoms with Gasteiger partial charge in [-0.3, -0.25) is 9.59 Å². The Morgan fingerprint density at radius 3 is 2.19 bits per heavy atom. The highest BCUT2D eigenvalue weighted by Crippen LogP contribution is 2.23. The largest absolute Gasteiger partial charge is 0.450 e. The summed E-state index contributed by atoms with van der Waals surface area (Å²) in [6.45, 7) is 8.85. The van der Waals surface area contributed by atoms with Gasteiger partial charge in [-0.05, 0) is 33.3 Å². The van der Waals surface area contributed by atoms with E-state index in [1.807, 2.05) is 37.3 Å². The normalized spacial score (nSPS) is 15.9. The summed E-state index contributed by atoms with van der Waals surface area (Å²) in [5, 5.41) is 2.93. The molecule has 0 bridgehead atoms. The van der Waals surface area contributed by atoms with Crippen LogP contribution in [0.15, 0.2) is 30.3 Å². The Kier molecular flexibility index (Phi) is 6.82. The molecule has 1 heterocycles. The molecule has 27 heavy (non-hydrogen) atoms. The summed E-state index contributed by atoms with van der Waals surface area (Å²) < 4.78 is 4.99. The van der Waals surface area contributed by atoms with Crippen LogP contribution < -0.4 is 5.32 Å². The molecule has 1 aromatic carbocycles. The lowest BCUT2D eigenvalue weighted by Crippen LogP contribution is -2.56. The van der Waals surface area contributed by atoms with E-state index in [9.17, 15) is 14.4 Å². The number of carbonyl (C=O) groups excluding carboxylic acids is 3. The molecule has 1 unspecified atom stereocenters. The molecule has 148 valence electrons. The number of ether oxygens (including phenoxy) is 1. The van der Waals surface area contributed by atoms with E-state index >= 15 is 0 Å². The number of piperazine rings is 1. The lowest BCUT2D eigenvalue weighted by atomic mass is 9.89. The fourth-order valence-corrected chi connectivity index (χ4v) is 3.00. The first-order valence-electron chi connectivity index (χ1n) is 9.34. The van der Waals surface area contributed by atoms with Crippen molar-refractivity contribution < 1.29 is 19.1 Å². The van der Waals surface area contributed by atoms with Gasteiger partial charge in [0.2, 0.25) is 11.8 Å². The zero-order chi connectivity index (χ0) is 20.0. The molecule has 1 aliphatic heterocycles. The van der Waals surface area contributed by atoms with Gasteiger partial charge in [-0.25, -0.2) is 4.79 Å². The summed E-state index contributed by atoms with van der Waals surface area (Å²) in [7, 11) is 0. The minimum atomic E-state index is -1.19. The lowest BCUT2D eigenvalue weighted by Gasteiger charge is -2.37. The van der Waals surface area contributed by atoms with Crippen LogP contribution in [0.4, 0.5) is 4.79 Å². The molecule has 1 aromatic rings. The molecular formula is C20H29N3O4. The molecule has 0 spiro atoms. The topological polar surface area (TPSA) is 79.0 Å². The number of benzene rings is 1. The van der Waals surface area contributed by atoms with Crippen molar-refractivity contribution in [3.8, 4) is 0 Å². The maximum atomic E-state index is 12.9. The SMILES string of the molecule is CCOC(=O)N1CCN(C(=O)C(C)(C)C(=O)NC(C)c2ccccc2)CC1. The van der Waals surface area contributed by atoms with Crippen LogP contribution in [0.25, 0.3) is 0 Å². The minimum absolute atomic E-state index is 0.188. The zero-order valence-corrected chi connectivity index (χ0v) is 16.5. The molecule has 0 radical (unpaired) electrons. The van der Waals surface area contributed by atoms with Gasteiger partial charge in [-0.15, -0.1) is 0 Å². The van der Waals surface area contributed by atoms with Crippen molar-refractivity contribution in [2.75, 3.05) is 32.8 Å². The van der Waals surface area contributed by atoms with Gasteiger partial charge in [-0.2, -0.15) is 0 Å². The highest BCUT2D eigenvalue weighted by molar-refractivity contribution is 6.04. The Morgan fingerprint density at radius 2 is 1.63 bits per heavy atom. The fraction of sp³-hybridized carbons (Fsp3) is 0.550. The van der Waals surface area contributed by atoms with Crippen LogP contribution in [0.5, 0.6) is 0 Å². The Balaban J connectivity index is 1.94.